The number of sulfonamides is 1. The van der Waals surface area contributed by atoms with Crippen LogP contribution < -0.4 is 4.72 Å². The highest BCUT2D eigenvalue weighted by atomic mass is 35.5. The molecule has 2 aromatic carbocycles. The van der Waals surface area contributed by atoms with Gasteiger partial charge in [-0.1, -0.05) is 43.6 Å². The molecule has 0 saturated heterocycles. The van der Waals surface area contributed by atoms with Crippen LogP contribution in [0.3, 0.4) is 0 Å². The van der Waals surface area contributed by atoms with Gasteiger partial charge in [0.25, 0.3) is 0 Å². The third-order valence-corrected chi connectivity index (χ3v) is 7.82. The summed E-state index contributed by atoms with van der Waals surface area (Å²) in [5.41, 5.74) is 2.40. The Kier molecular flexibility index (Phi) is 5.13. The van der Waals surface area contributed by atoms with E-state index < -0.39 is 10.0 Å². The maximum Gasteiger partial charge on any atom is 0.229 e. The standard InChI is InChI=1S/C22H23ClN2O2S2/c1-4-22(5-2,20-11-14-9-10-15(23)12-19(14)28-20)17-13-24-21-16(17)7-6-8-18(21)25-29(3,26)27/h6-13,24-25H,4-5H2,1-3H3. The highest BCUT2D eigenvalue weighted by Crippen LogP contribution is 2.47. The lowest BCUT2D eigenvalue weighted by Crippen LogP contribution is -2.24. The van der Waals surface area contributed by atoms with Gasteiger partial charge in [0.2, 0.25) is 10.0 Å². The first kappa shape index (κ1) is 20.3. The number of nitrogens with one attached hydrogen (secondary N) is 2. The van der Waals surface area contributed by atoms with Crippen LogP contribution in [0.2, 0.25) is 5.02 Å². The van der Waals surface area contributed by atoms with Crippen molar-refractivity contribution in [2.24, 2.45) is 0 Å². The monoisotopic (exact) mass is 446 g/mol. The summed E-state index contributed by atoms with van der Waals surface area (Å²) in [6.45, 7) is 4.41. The first-order valence-electron chi connectivity index (χ1n) is 9.55. The molecule has 0 aliphatic rings. The Morgan fingerprint density at radius 2 is 1.90 bits per heavy atom. The summed E-state index contributed by atoms with van der Waals surface area (Å²) in [5, 5.41) is 2.98. The van der Waals surface area contributed by atoms with E-state index in [0.717, 1.165) is 28.8 Å². The normalized spacial score (nSPS) is 12.7. The molecular weight excluding hydrogens is 424 g/mol. The highest BCUT2D eigenvalue weighted by Gasteiger charge is 2.35. The number of para-hydroxylation sites is 1. The van der Waals surface area contributed by atoms with Crippen LogP contribution in [0.1, 0.15) is 37.1 Å². The molecule has 7 heteroatoms. The van der Waals surface area contributed by atoms with Crippen LogP contribution in [0, 0.1) is 0 Å². The minimum atomic E-state index is -3.36. The molecule has 0 atom stereocenters. The van der Waals surface area contributed by atoms with Crippen LogP contribution in [-0.4, -0.2) is 19.7 Å². The average Bonchev–Trinajstić information content (AvgIpc) is 3.28. The molecule has 2 heterocycles. The zero-order chi connectivity index (χ0) is 20.8. The number of halogens is 1. The SMILES string of the molecule is CCC(CC)(c1cc2ccc(Cl)cc2s1)c1c[nH]c2c(NS(C)(=O)=O)cccc12. The van der Waals surface area contributed by atoms with Gasteiger partial charge in [0.1, 0.15) is 0 Å². The second-order valence-electron chi connectivity index (χ2n) is 7.39. The van der Waals surface area contributed by atoms with Crippen molar-refractivity contribution in [1.82, 2.24) is 4.98 Å². The third-order valence-electron chi connectivity index (χ3n) is 5.69. The predicted molar refractivity (Wildman–Crippen MR) is 125 cm³/mol. The number of aromatic amines is 1. The van der Waals surface area contributed by atoms with E-state index in [1.165, 1.54) is 26.8 Å². The van der Waals surface area contributed by atoms with Crippen molar-refractivity contribution in [2.75, 3.05) is 11.0 Å². The number of benzene rings is 2. The number of thiophene rings is 1. The summed E-state index contributed by atoms with van der Waals surface area (Å²) in [7, 11) is -3.36. The summed E-state index contributed by atoms with van der Waals surface area (Å²) < 4.78 is 27.3. The molecule has 29 heavy (non-hydrogen) atoms. The second-order valence-corrected chi connectivity index (χ2v) is 10.7. The van der Waals surface area contributed by atoms with E-state index >= 15 is 0 Å². The van der Waals surface area contributed by atoms with Gasteiger partial charge in [0.15, 0.2) is 0 Å². The van der Waals surface area contributed by atoms with Crippen LogP contribution in [0.4, 0.5) is 5.69 Å². The van der Waals surface area contributed by atoms with Gasteiger partial charge in [-0.05, 0) is 48.1 Å². The van der Waals surface area contributed by atoms with Crippen molar-refractivity contribution in [2.45, 2.75) is 32.1 Å². The smallest absolute Gasteiger partial charge is 0.229 e. The Balaban J connectivity index is 1.93. The number of fused-ring (bicyclic) bond motifs is 2. The number of hydrogen-bond acceptors (Lipinski definition) is 3. The van der Waals surface area contributed by atoms with Gasteiger partial charge >= 0.3 is 0 Å². The number of rotatable bonds is 6. The summed E-state index contributed by atoms with van der Waals surface area (Å²) >= 11 is 7.98. The van der Waals surface area contributed by atoms with E-state index in [4.69, 9.17) is 11.6 Å². The molecule has 0 radical (unpaired) electrons. The van der Waals surface area contributed by atoms with E-state index in [1.54, 1.807) is 17.4 Å². The van der Waals surface area contributed by atoms with Crippen molar-refractivity contribution in [1.29, 1.82) is 0 Å². The van der Waals surface area contributed by atoms with Crippen LogP contribution in [0.15, 0.2) is 48.7 Å². The van der Waals surface area contributed by atoms with Crippen molar-refractivity contribution < 1.29 is 8.42 Å². The molecule has 4 rings (SSSR count). The van der Waals surface area contributed by atoms with Crippen molar-refractivity contribution >= 4 is 59.6 Å². The minimum Gasteiger partial charge on any atom is -0.359 e. The Labute approximate surface area is 180 Å². The summed E-state index contributed by atoms with van der Waals surface area (Å²) in [6, 6.07) is 14.0. The quantitative estimate of drug-likeness (QED) is 0.354. The molecule has 0 aliphatic heterocycles. The Morgan fingerprint density at radius 3 is 2.59 bits per heavy atom. The van der Waals surface area contributed by atoms with Crippen molar-refractivity contribution in [3.63, 3.8) is 0 Å². The maximum atomic E-state index is 11.8. The first-order chi connectivity index (χ1) is 13.8. The van der Waals surface area contributed by atoms with Gasteiger partial charge < -0.3 is 4.98 Å². The molecule has 0 bridgehead atoms. The second kappa shape index (κ2) is 7.35. The lowest BCUT2D eigenvalue weighted by molar-refractivity contribution is 0.492. The maximum absolute atomic E-state index is 11.8. The van der Waals surface area contributed by atoms with E-state index in [1.807, 2.05) is 24.4 Å². The van der Waals surface area contributed by atoms with Gasteiger partial charge in [-0.3, -0.25) is 4.72 Å². The molecule has 0 saturated carbocycles. The van der Waals surface area contributed by atoms with Gasteiger partial charge in [-0.25, -0.2) is 8.42 Å². The fourth-order valence-electron chi connectivity index (χ4n) is 4.19. The Morgan fingerprint density at radius 1 is 1.14 bits per heavy atom. The molecule has 2 N–H and O–H groups in total. The van der Waals surface area contributed by atoms with Crippen molar-refractivity contribution in [3.8, 4) is 0 Å². The number of anilines is 1. The van der Waals surface area contributed by atoms with Gasteiger partial charge in [0.05, 0.1) is 17.5 Å². The zero-order valence-corrected chi connectivity index (χ0v) is 18.9. The van der Waals surface area contributed by atoms with Crippen LogP contribution in [0.5, 0.6) is 0 Å². The lowest BCUT2D eigenvalue weighted by atomic mass is 9.74. The molecule has 0 fully saturated rings. The average molecular weight is 447 g/mol. The van der Waals surface area contributed by atoms with Gasteiger partial charge in [-0.2, -0.15) is 0 Å². The molecule has 4 nitrogen and oxygen atoms in total. The van der Waals surface area contributed by atoms with E-state index in [0.29, 0.717) is 5.69 Å². The first-order valence-corrected chi connectivity index (χ1v) is 12.6. The fourth-order valence-corrected chi connectivity index (χ4v) is 6.44. The number of aromatic nitrogens is 1. The number of H-pyrrole nitrogens is 1. The van der Waals surface area contributed by atoms with Crippen molar-refractivity contribution in [3.05, 3.63) is 64.1 Å². The molecule has 152 valence electrons. The summed E-state index contributed by atoms with van der Waals surface area (Å²) in [5.74, 6) is 0. The molecule has 0 spiro atoms. The molecule has 4 aromatic rings. The predicted octanol–water partition coefficient (Wildman–Crippen LogP) is 6.51. The molecule has 2 aromatic heterocycles. The van der Waals surface area contributed by atoms with E-state index in [-0.39, 0.29) is 5.41 Å². The third kappa shape index (κ3) is 3.54. The largest absolute Gasteiger partial charge is 0.359 e. The minimum absolute atomic E-state index is 0.169. The van der Waals surface area contributed by atoms with Gasteiger partial charge in [0, 0.05) is 31.6 Å². The topological polar surface area (TPSA) is 62.0 Å². The fraction of sp³-hybridized carbons (Fsp3) is 0.273. The Hall–Kier alpha value is -2.02. The zero-order valence-electron chi connectivity index (χ0n) is 16.5. The van der Waals surface area contributed by atoms with Crippen LogP contribution >= 0.6 is 22.9 Å². The number of hydrogen-bond donors (Lipinski definition) is 2. The molecule has 0 aliphatic carbocycles. The lowest BCUT2D eigenvalue weighted by Gasteiger charge is -2.31. The van der Waals surface area contributed by atoms with E-state index in [2.05, 4.69) is 41.8 Å². The van der Waals surface area contributed by atoms with Gasteiger partial charge in [-0.15, -0.1) is 11.3 Å². The van der Waals surface area contributed by atoms with E-state index in [9.17, 15) is 8.42 Å². The molecule has 0 unspecified atom stereocenters. The summed E-state index contributed by atoms with van der Waals surface area (Å²) in [4.78, 5) is 4.62. The van der Waals surface area contributed by atoms with Crippen LogP contribution in [-0.2, 0) is 15.4 Å². The summed E-state index contributed by atoms with van der Waals surface area (Å²) in [6.07, 6.45) is 5.06. The molecule has 0 amide bonds. The molecular formula is C22H23ClN2O2S2. The Bertz CT molecular complexity index is 1300. The van der Waals surface area contributed by atoms with Crippen LogP contribution in [0.25, 0.3) is 21.0 Å². The highest BCUT2D eigenvalue weighted by molar-refractivity contribution is 7.92.